The molecule has 0 atom stereocenters. The van der Waals surface area contributed by atoms with Crippen molar-refractivity contribution >= 4 is 34.4 Å². The quantitative estimate of drug-likeness (QED) is 0.423. The van der Waals surface area contributed by atoms with E-state index in [0.29, 0.717) is 65.0 Å². The number of ether oxygens (including phenoxy) is 2. The van der Waals surface area contributed by atoms with Crippen molar-refractivity contribution in [3.63, 3.8) is 0 Å². The van der Waals surface area contributed by atoms with Crippen molar-refractivity contribution in [2.45, 2.75) is 63.6 Å². The minimum atomic E-state index is -0.734. The molecule has 9 heteroatoms. The standard InChI is InChI=1S/C24H27ClN4O4/c25-17-12-19-22(29-24(27-19)33-16-8-5-13(6-9-16)23(30)31)28-21(17)14-7-10-20(18(26)11-14)32-15-3-1-2-4-15/h7,10-13,15-16H,1-6,8-9,26H2,(H,30,31)(H,27,28,29)/t13-,16-. The molecule has 2 heterocycles. The zero-order chi connectivity index (χ0) is 22.9. The monoisotopic (exact) mass is 470 g/mol. The number of anilines is 1. The van der Waals surface area contributed by atoms with Gasteiger partial charge in [0.05, 0.1) is 33.9 Å². The summed E-state index contributed by atoms with van der Waals surface area (Å²) in [5.74, 6) is -0.329. The van der Waals surface area contributed by atoms with Gasteiger partial charge in [0.2, 0.25) is 0 Å². The molecule has 2 fully saturated rings. The lowest BCUT2D eigenvalue weighted by Gasteiger charge is -2.25. The number of fused-ring (bicyclic) bond motifs is 1. The van der Waals surface area contributed by atoms with Crippen LogP contribution in [0, 0.1) is 5.92 Å². The maximum Gasteiger partial charge on any atom is 0.306 e. The van der Waals surface area contributed by atoms with Crippen LogP contribution in [0.5, 0.6) is 11.8 Å². The van der Waals surface area contributed by atoms with Crippen molar-refractivity contribution < 1.29 is 19.4 Å². The van der Waals surface area contributed by atoms with E-state index in [0.717, 1.165) is 18.4 Å². The summed E-state index contributed by atoms with van der Waals surface area (Å²) in [6.45, 7) is 0. The van der Waals surface area contributed by atoms with Crippen LogP contribution in [0.25, 0.3) is 22.4 Å². The highest BCUT2D eigenvalue weighted by molar-refractivity contribution is 6.33. The van der Waals surface area contributed by atoms with Crippen LogP contribution in [-0.4, -0.2) is 38.2 Å². The molecule has 2 aromatic heterocycles. The Hall–Kier alpha value is -3.00. The van der Waals surface area contributed by atoms with Gasteiger partial charge in [0.15, 0.2) is 5.65 Å². The second kappa shape index (κ2) is 9.09. The minimum absolute atomic E-state index is 0.0664. The van der Waals surface area contributed by atoms with Gasteiger partial charge >= 0.3 is 5.97 Å². The van der Waals surface area contributed by atoms with Crippen LogP contribution < -0.4 is 15.2 Å². The fourth-order valence-corrected chi connectivity index (χ4v) is 4.99. The number of nitrogens with two attached hydrogens (primary N) is 1. The van der Waals surface area contributed by atoms with Crippen LogP contribution in [-0.2, 0) is 4.79 Å². The average molecular weight is 471 g/mol. The first-order valence-corrected chi connectivity index (χ1v) is 11.9. The molecule has 3 aromatic rings. The number of pyridine rings is 1. The van der Waals surface area contributed by atoms with Crippen molar-refractivity contribution in [1.29, 1.82) is 0 Å². The number of imidazole rings is 1. The lowest BCUT2D eigenvalue weighted by Crippen LogP contribution is -2.28. The Balaban J connectivity index is 1.33. The predicted molar refractivity (Wildman–Crippen MR) is 126 cm³/mol. The average Bonchev–Trinajstić information content (AvgIpc) is 3.44. The maximum absolute atomic E-state index is 11.1. The van der Waals surface area contributed by atoms with Gasteiger partial charge in [-0.25, -0.2) is 4.98 Å². The summed E-state index contributed by atoms with van der Waals surface area (Å²) in [6.07, 6.45) is 7.27. The normalized spacial score (nSPS) is 21.4. The number of H-pyrrole nitrogens is 1. The number of nitrogen functional groups attached to an aromatic ring is 1. The van der Waals surface area contributed by atoms with Gasteiger partial charge in [-0.3, -0.25) is 4.79 Å². The van der Waals surface area contributed by atoms with E-state index in [9.17, 15) is 4.79 Å². The Morgan fingerprint density at radius 2 is 1.76 bits per heavy atom. The van der Waals surface area contributed by atoms with Gasteiger partial charge in [-0.1, -0.05) is 11.6 Å². The van der Waals surface area contributed by atoms with Crippen LogP contribution in [0.4, 0.5) is 5.69 Å². The number of halogens is 1. The molecule has 33 heavy (non-hydrogen) atoms. The third-order valence-corrected chi connectivity index (χ3v) is 6.87. The highest BCUT2D eigenvalue weighted by Gasteiger charge is 2.27. The molecule has 0 aliphatic heterocycles. The second-order valence-electron chi connectivity index (χ2n) is 8.94. The van der Waals surface area contributed by atoms with Gasteiger partial charge in [-0.05, 0) is 75.6 Å². The van der Waals surface area contributed by atoms with Gasteiger partial charge in [0, 0.05) is 5.56 Å². The van der Waals surface area contributed by atoms with Gasteiger partial charge < -0.3 is 25.3 Å². The molecule has 0 spiro atoms. The third-order valence-electron chi connectivity index (χ3n) is 6.59. The van der Waals surface area contributed by atoms with Gasteiger partial charge in [0.25, 0.3) is 6.01 Å². The highest BCUT2D eigenvalue weighted by atomic mass is 35.5. The van der Waals surface area contributed by atoms with Crippen LogP contribution in [0.3, 0.4) is 0 Å². The summed E-state index contributed by atoms with van der Waals surface area (Å²) < 4.78 is 12.0. The number of hydrogen-bond acceptors (Lipinski definition) is 6. The molecule has 1 aromatic carbocycles. The van der Waals surface area contributed by atoms with E-state index in [1.54, 1.807) is 6.07 Å². The molecule has 4 N–H and O–H groups in total. The summed E-state index contributed by atoms with van der Waals surface area (Å²) in [5.41, 5.74) is 9.36. The SMILES string of the molecule is Nc1cc(-c2nc3nc(O[C@H]4CC[C@H](C(=O)O)CC4)[nH]c3cc2Cl)ccc1OC1CCCC1. The number of benzene rings is 1. The van der Waals surface area contributed by atoms with Gasteiger partial charge in [-0.15, -0.1) is 0 Å². The maximum atomic E-state index is 11.1. The van der Waals surface area contributed by atoms with Crippen molar-refractivity contribution in [3.8, 4) is 23.0 Å². The lowest BCUT2D eigenvalue weighted by atomic mass is 9.87. The van der Waals surface area contributed by atoms with E-state index in [-0.39, 0.29) is 18.1 Å². The Bertz CT molecular complexity index is 1170. The van der Waals surface area contributed by atoms with Crippen molar-refractivity contribution in [2.24, 2.45) is 5.92 Å². The molecule has 0 amide bonds. The minimum Gasteiger partial charge on any atom is -0.488 e. The molecule has 8 nitrogen and oxygen atoms in total. The number of hydrogen-bond donors (Lipinski definition) is 3. The summed E-state index contributed by atoms with van der Waals surface area (Å²) in [4.78, 5) is 23.4. The molecule has 2 aliphatic rings. The number of nitrogens with zero attached hydrogens (tertiary/aromatic N) is 2. The Labute approximate surface area is 196 Å². The van der Waals surface area contributed by atoms with E-state index in [2.05, 4.69) is 15.0 Å². The van der Waals surface area contributed by atoms with E-state index >= 15 is 0 Å². The van der Waals surface area contributed by atoms with Gasteiger partial charge in [0.1, 0.15) is 11.9 Å². The fraction of sp³-hybridized carbons (Fsp3) is 0.458. The number of aromatic amines is 1. The Morgan fingerprint density at radius 1 is 1.03 bits per heavy atom. The number of carboxylic acid groups (broad SMARTS) is 1. The Morgan fingerprint density at radius 3 is 2.45 bits per heavy atom. The number of nitrogens with one attached hydrogen (secondary N) is 1. The lowest BCUT2D eigenvalue weighted by molar-refractivity contribution is -0.143. The second-order valence-corrected chi connectivity index (χ2v) is 9.35. The van der Waals surface area contributed by atoms with Crippen molar-refractivity contribution in [1.82, 2.24) is 15.0 Å². The van der Waals surface area contributed by atoms with E-state index in [1.807, 2.05) is 18.2 Å². The van der Waals surface area contributed by atoms with Crippen LogP contribution >= 0.6 is 11.6 Å². The molecule has 2 aliphatic carbocycles. The molecular formula is C24H27ClN4O4. The fourth-order valence-electron chi connectivity index (χ4n) is 4.73. The summed E-state index contributed by atoms with van der Waals surface area (Å²) >= 11 is 6.54. The smallest absolute Gasteiger partial charge is 0.306 e. The highest BCUT2D eigenvalue weighted by Crippen LogP contribution is 2.35. The molecule has 0 saturated heterocycles. The number of carbonyl (C=O) groups is 1. The summed E-state index contributed by atoms with van der Waals surface area (Å²) in [5, 5.41) is 9.63. The topological polar surface area (TPSA) is 123 Å². The first kappa shape index (κ1) is 21.8. The van der Waals surface area contributed by atoms with Gasteiger partial charge in [-0.2, -0.15) is 4.98 Å². The summed E-state index contributed by atoms with van der Waals surface area (Å²) in [7, 11) is 0. The molecule has 0 radical (unpaired) electrons. The van der Waals surface area contributed by atoms with E-state index in [4.69, 9.17) is 31.9 Å². The van der Waals surface area contributed by atoms with Crippen molar-refractivity contribution in [3.05, 3.63) is 29.3 Å². The largest absolute Gasteiger partial charge is 0.488 e. The van der Waals surface area contributed by atoms with E-state index in [1.165, 1.54) is 12.8 Å². The summed E-state index contributed by atoms with van der Waals surface area (Å²) in [6, 6.07) is 7.75. The Kier molecular flexibility index (Phi) is 6.01. The molecule has 0 bridgehead atoms. The molecule has 0 unspecified atom stereocenters. The third kappa shape index (κ3) is 4.71. The number of aliphatic carboxylic acids is 1. The van der Waals surface area contributed by atoms with Crippen molar-refractivity contribution in [2.75, 3.05) is 5.73 Å². The first-order chi connectivity index (χ1) is 16.0. The van der Waals surface area contributed by atoms with Crippen LogP contribution in [0.1, 0.15) is 51.4 Å². The predicted octanol–water partition coefficient (Wildman–Crippen LogP) is 5.20. The molecular weight excluding hydrogens is 444 g/mol. The molecule has 2 saturated carbocycles. The zero-order valence-electron chi connectivity index (χ0n) is 18.2. The first-order valence-electron chi connectivity index (χ1n) is 11.5. The number of aromatic nitrogens is 3. The molecule has 174 valence electrons. The molecule has 5 rings (SSSR count). The van der Waals surface area contributed by atoms with Crippen LogP contribution in [0.2, 0.25) is 5.02 Å². The number of rotatable bonds is 6. The van der Waals surface area contributed by atoms with E-state index < -0.39 is 5.97 Å². The van der Waals surface area contributed by atoms with Crippen LogP contribution in [0.15, 0.2) is 24.3 Å². The number of carboxylic acids is 1. The zero-order valence-corrected chi connectivity index (χ0v) is 19.0.